The van der Waals surface area contributed by atoms with Crippen molar-refractivity contribution in [1.29, 1.82) is 0 Å². The van der Waals surface area contributed by atoms with Gasteiger partial charge < -0.3 is 10.2 Å². The number of piperidine rings is 1. The van der Waals surface area contributed by atoms with E-state index in [1.54, 1.807) is 0 Å². The lowest BCUT2D eigenvalue weighted by Crippen LogP contribution is -2.48. The largest absolute Gasteiger partial charge is 0.317 e. The van der Waals surface area contributed by atoms with Gasteiger partial charge in [-0.25, -0.2) is 0 Å². The summed E-state index contributed by atoms with van der Waals surface area (Å²) in [6.45, 7) is 6.35. The van der Waals surface area contributed by atoms with Crippen LogP contribution in [0, 0.1) is 11.8 Å². The Labute approximate surface area is 114 Å². The fourth-order valence-corrected chi connectivity index (χ4v) is 3.95. The quantitative estimate of drug-likeness (QED) is 0.808. The van der Waals surface area contributed by atoms with Crippen molar-refractivity contribution >= 4 is 0 Å². The number of rotatable bonds is 5. The molecule has 0 bridgehead atoms. The molecule has 2 fully saturated rings. The van der Waals surface area contributed by atoms with Crippen LogP contribution in [0.2, 0.25) is 0 Å². The van der Waals surface area contributed by atoms with Crippen LogP contribution in [0.1, 0.15) is 58.3 Å². The van der Waals surface area contributed by atoms with Crippen LogP contribution >= 0.6 is 0 Å². The Hall–Kier alpha value is -0.0800. The second-order valence-corrected chi connectivity index (χ2v) is 6.45. The molecule has 1 saturated carbocycles. The summed E-state index contributed by atoms with van der Waals surface area (Å²) in [6, 6.07) is 0.765. The molecule has 2 unspecified atom stereocenters. The van der Waals surface area contributed by atoms with Gasteiger partial charge in [-0.1, -0.05) is 45.4 Å². The van der Waals surface area contributed by atoms with E-state index in [2.05, 4.69) is 24.2 Å². The Bertz CT molecular complexity index is 223. The maximum atomic E-state index is 3.50. The molecule has 1 N–H and O–H groups in total. The van der Waals surface area contributed by atoms with Crippen molar-refractivity contribution in [3.05, 3.63) is 0 Å². The molecule has 0 spiro atoms. The minimum atomic E-state index is 0.765. The van der Waals surface area contributed by atoms with Crippen molar-refractivity contribution in [1.82, 2.24) is 10.2 Å². The fourth-order valence-electron chi connectivity index (χ4n) is 3.95. The SMILES string of the molecule is CCC1CN(CCC2CCCCC2)CCC1NC. The predicted octanol–water partition coefficient (Wildman–Crippen LogP) is 3.28. The topological polar surface area (TPSA) is 15.3 Å². The lowest BCUT2D eigenvalue weighted by atomic mass is 9.86. The Kier molecular flexibility index (Phi) is 5.97. The van der Waals surface area contributed by atoms with Gasteiger partial charge in [-0.3, -0.25) is 0 Å². The van der Waals surface area contributed by atoms with E-state index in [4.69, 9.17) is 0 Å². The average Bonchev–Trinajstić information content (AvgIpc) is 2.45. The zero-order chi connectivity index (χ0) is 12.8. The Morgan fingerprint density at radius 2 is 1.89 bits per heavy atom. The third kappa shape index (κ3) is 3.96. The van der Waals surface area contributed by atoms with Gasteiger partial charge in [0, 0.05) is 12.6 Å². The van der Waals surface area contributed by atoms with Gasteiger partial charge in [0.05, 0.1) is 0 Å². The highest BCUT2D eigenvalue weighted by molar-refractivity contribution is 4.84. The van der Waals surface area contributed by atoms with E-state index in [1.807, 2.05) is 0 Å². The second-order valence-electron chi connectivity index (χ2n) is 6.45. The summed E-state index contributed by atoms with van der Waals surface area (Å²) >= 11 is 0. The normalized spacial score (nSPS) is 31.7. The van der Waals surface area contributed by atoms with Crippen molar-refractivity contribution in [2.75, 3.05) is 26.7 Å². The summed E-state index contributed by atoms with van der Waals surface area (Å²) in [7, 11) is 2.13. The highest BCUT2D eigenvalue weighted by Crippen LogP contribution is 2.27. The van der Waals surface area contributed by atoms with Crippen molar-refractivity contribution in [3.8, 4) is 0 Å². The van der Waals surface area contributed by atoms with Gasteiger partial charge in [0.2, 0.25) is 0 Å². The highest BCUT2D eigenvalue weighted by atomic mass is 15.1. The monoisotopic (exact) mass is 252 g/mol. The summed E-state index contributed by atoms with van der Waals surface area (Å²) < 4.78 is 0. The van der Waals surface area contributed by atoms with Gasteiger partial charge in [-0.15, -0.1) is 0 Å². The van der Waals surface area contributed by atoms with Gasteiger partial charge in [-0.2, -0.15) is 0 Å². The zero-order valence-electron chi connectivity index (χ0n) is 12.5. The Morgan fingerprint density at radius 3 is 2.56 bits per heavy atom. The van der Waals surface area contributed by atoms with Crippen LogP contribution in [0.5, 0.6) is 0 Å². The molecule has 1 heterocycles. The summed E-state index contributed by atoms with van der Waals surface area (Å²) in [4.78, 5) is 2.73. The molecule has 0 radical (unpaired) electrons. The molecule has 1 aliphatic heterocycles. The van der Waals surface area contributed by atoms with E-state index in [0.29, 0.717) is 0 Å². The first-order valence-corrected chi connectivity index (χ1v) is 8.23. The van der Waals surface area contributed by atoms with E-state index in [1.165, 1.54) is 71.0 Å². The number of nitrogens with one attached hydrogen (secondary N) is 1. The molecule has 2 nitrogen and oxygen atoms in total. The first-order chi connectivity index (χ1) is 8.83. The second kappa shape index (κ2) is 7.49. The number of likely N-dealkylation sites (tertiary alicyclic amines) is 1. The maximum Gasteiger partial charge on any atom is 0.0117 e. The molecule has 2 atom stereocenters. The average molecular weight is 252 g/mol. The summed E-state index contributed by atoms with van der Waals surface area (Å²) in [5.41, 5.74) is 0. The minimum absolute atomic E-state index is 0.765. The van der Waals surface area contributed by atoms with Crippen LogP contribution in [0.15, 0.2) is 0 Å². The molecule has 1 aliphatic carbocycles. The molecule has 2 rings (SSSR count). The molecule has 0 amide bonds. The maximum absolute atomic E-state index is 3.50. The molecule has 0 aromatic heterocycles. The molecule has 0 aromatic carbocycles. The lowest BCUT2D eigenvalue weighted by Gasteiger charge is -2.39. The number of hydrogen-bond donors (Lipinski definition) is 1. The van der Waals surface area contributed by atoms with Gasteiger partial charge in [0.25, 0.3) is 0 Å². The standard InChI is InChI=1S/C16H32N2/c1-3-15-13-18(12-10-16(15)17-2)11-9-14-7-5-4-6-8-14/h14-17H,3-13H2,1-2H3. The van der Waals surface area contributed by atoms with Crippen LogP contribution in [0.4, 0.5) is 0 Å². The van der Waals surface area contributed by atoms with E-state index >= 15 is 0 Å². The van der Waals surface area contributed by atoms with Crippen LogP contribution in [-0.2, 0) is 0 Å². The smallest absolute Gasteiger partial charge is 0.0117 e. The van der Waals surface area contributed by atoms with Crippen LogP contribution < -0.4 is 5.32 Å². The minimum Gasteiger partial charge on any atom is -0.317 e. The van der Waals surface area contributed by atoms with Crippen LogP contribution in [0.3, 0.4) is 0 Å². The molecule has 18 heavy (non-hydrogen) atoms. The van der Waals surface area contributed by atoms with E-state index in [0.717, 1.165) is 17.9 Å². The highest BCUT2D eigenvalue weighted by Gasteiger charge is 2.27. The van der Waals surface area contributed by atoms with Crippen LogP contribution in [0.25, 0.3) is 0 Å². The molecule has 0 aromatic rings. The van der Waals surface area contributed by atoms with E-state index in [-0.39, 0.29) is 0 Å². The molecular weight excluding hydrogens is 220 g/mol. The summed E-state index contributed by atoms with van der Waals surface area (Å²) in [5.74, 6) is 1.91. The molecular formula is C16H32N2. The van der Waals surface area contributed by atoms with Gasteiger partial charge in [0.15, 0.2) is 0 Å². The Balaban J connectivity index is 1.70. The van der Waals surface area contributed by atoms with Crippen molar-refractivity contribution in [2.24, 2.45) is 11.8 Å². The van der Waals surface area contributed by atoms with Crippen molar-refractivity contribution in [3.63, 3.8) is 0 Å². The first kappa shape index (κ1) is 14.3. The zero-order valence-corrected chi connectivity index (χ0v) is 12.5. The predicted molar refractivity (Wildman–Crippen MR) is 78.9 cm³/mol. The molecule has 1 saturated heterocycles. The molecule has 106 valence electrons. The lowest BCUT2D eigenvalue weighted by molar-refractivity contribution is 0.128. The summed E-state index contributed by atoms with van der Waals surface area (Å²) in [6.07, 6.45) is 11.6. The van der Waals surface area contributed by atoms with Crippen molar-refractivity contribution in [2.45, 2.75) is 64.3 Å². The van der Waals surface area contributed by atoms with E-state index in [9.17, 15) is 0 Å². The molecule has 2 heteroatoms. The molecule has 2 aliphatic rings. The Morgan fingerprint density at radius 1 is 1.11 bits per heavy atom. The third-order valence-electron chi connectivity index (χ3n) is 5.29. The first-order valence-electron chi connectivity index (χ1n) is 8.23. The fraction of sp³-hybridized carbons (Fsp3) is 1.00. The van der Waals surface area contributed by atoms with E-state index < -0.39 is 0 Å². The summed E-state index contributed by atoms with van der Waals surface area (Å²) in [5, 5.41) is 3.50. The number of nitrogens with zero attached hydrogens (tertiary/aromatic N) is 1. The van der Waals surface area contributed by atoms with Gasteiger partial charge >= 0.3 is 0 Å². The number of hydrogen-bond acceptors (Lipinski definition) is 2. The van der Waals surface area contributed by atoms with Gasteiger partial charge in [0.1, 0.15) is 0 Å². The van der Waals surface area contributed by atoms with Gasteiger partial charge in [-0.05, 0) is 44.8 Å². The van der Waals surface area contributed by atoms with Crippen LogP contribution in [-0.4, -0.2) is 37.6 Å². The van der Waals surface area contributed by atoms with Crippen molar-refractivity contribution < 1.29 is 0 Å². The third-order valence-corrected chi connectivity index (χ3v) is 5.29.